The quantitative estimate of drug-likeness (QED) is 0.347. The second-order valence-corrected chi connectivity index (χ2v) is 1.00. The molecule has 0 amide bonds. The molecule has 0 unspecified atom stereocenters. The Morgan fingerprint density at radius 1 is 1.75 bits per heavy atom. The summed E-state index contributed by atoms with van der Waals surface area (Å²) in [6.07, 6.45) is 3.75. The van der Waals surface area contributed by atoms with Crippen LogP contribution in [0.25, 0.3) is 0 Å². The van der Waals surface area contributed by atoms with Crippen molar-refractivity contribution in [1.29, 1.82) is 0 Å². The zero-order chi connectivity index (χ0) is 5.11. The predicted octanol–water partition coefficient (Wildman–Crippen LogP) is -2.85. The fraction of sp³-hybridized carbons (Fsp3) is 0. The van der Waals surface area contributed by atoms with Gasteiger partial charge in [0.1, 0.15) is 12.5 Å². The van der Waals surface area contributed by atoms with Gasteiger partial charge >= 0.3 is 35.2 Å². The summed E-state index contributed by atoms with van der Waals surface area (Å²) in [4.78, 5) is 13.5. The van der Waals surface area contributed by atoms with Gasteiger partial charge in [-0.15, -0.1) is 0 Å². The molecule has 0 fully saturated rings. The molecule has 0 spiro atoms. The van der Waals surface area contributed by atoms with Crippen molar-refractivity contribution in [2.45, 2.75) is 0 Å². The molecule has 38 valence electrons. The van der Waals surface area contributed by atoms with Crippen molar-refractivity contribution in [1.82, 2.24) is 4.98 Å². The van der Waals surface area contributed by atoms with E-state index in [1.165, 1.54) is 12.5 Å². The molecular weight excluding hydrogens is 117 g/mol. The van der Waals surface area contributed by atoms with E-state index in [9.17, 15) is 4.79 Å². The molecule has 0 atom stereocenters. The van der Waals surface area contributed by atoms with Crippen LogP contribution in [0, 0.1) is 0 Å². The molecule has 0 bridgehead atoms. The Morgan fingerprint density at radius 3 is 2.75 bits per heavy atom. The van der Waals surface area contributed by atoms with Crippen LogP contribution in [0.3, 0.4) is 0 Å². The minimum absolute atomic E-state index is 0. The molecular formula is C4H4NNaO2. The normalized spacial score (nSPS) is 7.50. The number of hydrogen-bond acceptors (Lipinski definition) is 3. The molecule has 0 saturated carbocycles. The van der Waals surface area contributed by atoms with Crippen LogP contribution in [0.1, 0.15) is 1.43 Å². The Labute approximate surface area is 69.5 Å². The molecule has 0 N–H and O–H groups in total. The van der Waals surface area contributed by atoms with Gasteiger partial charge in [-0.1, -0.05) is 0 Å². The van der Waals surface area contributed by atoms with E-state index in [4.69, 9.17) is 0 Å². The van der Waals surface area contributed by atoms with Gasteiger partial charge < -0.3 is 5.84 Å². The van der Waals surface area contributed by atoms with Crippen LogP contribution in [-0.4, -0.2) is 4.98 Å². The molecule has 0 saturated heterocycles. The first-order valence-electron chi connectivity index (χ1n) is 1.78. The Bertz CT molecular complexity index is 184. The van der Waals surface area contributed by atoms with Crippen LogP contribution in [0.4, 0.5) is 0 Å². The summed E-state index contributed by atoms with van der Waals surface area (Å²) >= 11 is 0. The average Bonchev–Trinajstić information content (AvgIpc) is 1.69. The van der Waals surface area contributed by atoms with E-state index in [0.29, 0.717) is 0 Å². The molecule has 0 aliphatic heterocycles. The van der Waals surface area contributed by atoms with E-state index in [1.807, 2.05) is 0 Å². The third-order valence-electron chi connectivity index (χ3n) is 0.511. The van der Waals surface area contributed by atoms with Crippen LogP contribution in [0.2, 0.25) is 0 Å². The maximum atomic E-state index is 10.0. The Kier molecular flexibility index (Phi) is 3.77. The predicted molar refractivity (Wildman–Crippen MR) is 23.9 cm³/mol. The zero-order valence-electron chi connectivity index (χ0n) is 5.50. The van der Waals surface area contributed by atoms with Crippen molar-refractivity contribution in [2.75, 3.05) is 0 Å². The van der Waals surface area contributed by atoms with Crippen molar-refractivity contribution < 1.29 is 35.4 Å². The number of nitrogens with zero attached hydrogens (tertiary/aromatic N) is 1. The van der Waals surface area contributed by atoms with Gasteiger partial charge in [0.15, 0.2) is 0 Å². The Morgan fingerprint density at radius 2 is 2.50 bits per heavy atom. The zero-order valence-corrected chi connectivity index (χ0v) is 6.50. The maximum absolute atomic E-state index is 10.0. The summed E-state index contributed by atoms with van der Waals surface area (Å²) in [5.74, 6) is 0. The molecule has 0 aliphatic carbocycles. The molecule has 1 aromatic rings. The molecule has 3 nitrogen and oxygen atoms in total. The molecule has 0 aliphatic rings. The maximum Gasteiger partial charge on any atom is 1.00 e. The Hall–Kier alpha value is -0.120. The third-order valence-corrected chi connectivity index (χ3v) is 0.511. The minimum atomic E-state index is -0.414. The van der Waals surface area contributed by atoms with Gasteiger partial charge in [0.05, 0.1) is 6.20 Å². The summed E-state index contributed by atoms with van der Waals surface area (Å²) in [5.41, 5.74) is -0.414. The van der Waals surface area contributed by atoms with Gasteiger partial charge in [-0.2, -0.15) is 0 Å². The summed E-state index contributed by atoms with van der Waals surface area (Å²) in [6, 6.07) is 0. The number of rotatable bonds is 0. The minimum Gasteiger partial charge on any atom is -1.00 e. The van der Waals surface area contributed by atoms with Crippen molar-refractivity contribution in [3.8, 4) is 0 Å². The molecule has 4 heteroatoms. The van der Waals surface area contributed by atoms with Gasteiger partial charge in [-0.3, -0.25) is 4.98 Å². The average molecular weight is 121 g/mol. The topological polar surface area (TPSA) is 43.1 Å². The van der Waals surface area contributed by atoms with E-state index in [1.54, 1.807) is 0 Å². The Balaban J connectivity index is 0. The molecule has 1 heterocycles. The van der Waals surface area contributed by atoms with Crippen molar-refractivity contribution in [2.24, 2.45) is 0 Å². The van der Waals surface area contributed by atoms with Crippen LogP contribution in [-0.2, 0) is 0 Å². The summed E-state index contributed by atoms with van der Waals surface area (Å²) in [5, 5.41) is 0. The smallest absolute Gasteiger partial charge is 1.00 e. The van der Waals surface area contributed by atoms with Gasteiger partial charge in [0, 0.05) is 0 Å². The van der Waals surface area contributed by atoms with Gasteiger partial charge in [-0.05, 0) is 0 Å². The van der Waals surface area contributed by atoms with E-state index in [2.05, 4.69) is 9.40 Å². The van der Waals surface area contributed by atoms with Gasteiger partial charge in [0.25, 0.3) is 0 Å². The molecule has 1 rings (SSSR count). The second-order valence-electron chi connectivity index (χ2n) is 1.00. The van der Waals surface area contributed by atoms with E-state index >= 15 is 0 Å². The van der Waals surface area contributed by atoms with E-state index in [0.717, 1.165) is 6.20 Å². The summed E-state index contributed by atoms with van der Waals surface area (Å²) in [6.45, 7) is 0. The van der Waals surface area contributed by atoms with Gasteiger partial charge in [0.2, 0.25) is 0 Å². The van der Waals surface area contributed by atoms with Crippen molar-refractivity contribution in [3.05, 3.63) is 29.1 Å². The molecule has 8 heavy (non-hydrogen) atoms. The third kappa shape index (κ3) is 2.26. The van der Waals surface area contributed by atoms with E-state index < -0.39 is 5.63 Å². The first-order chi connectivity index (χ1) is 3.39. The molecule has 1 aromatic heterocycles. The van der Waals surface area contributed by atoms with Crippen LogP contribution in [0.5, 0.6) is 0 Å². The van der Waals surface area contributed by atoms with Crippen molar-refractivity contribution >= 4 is 0 Å². The fourth-order valence-corrected chi connectivity index (χ4v) is 0.267. The molecule has 0 aromatic carbocycles. The van der Waals surface area contributed by atoms with Crippen LogP contribution >= 0.6 is 0 Å². The molecule has 0 radical (unpaired) electrons. The standard InChI is InChI=1S/C4H3NO2.Na.H/c6-4-3-5-1-2-7-4;;/h1-3H;;/q;+1;-1. The monoisotopic (exact) mass is 121 g/mol. The van der Waals surface area contributed by atoms with Gasteiger partial charge in [-0.25, -0.2) is 4.79 Å². The first-order valence-corrected chi connectivity index (χ1v) is 1.78. The van der Waals surface area contributed by atoms with Crippen LogP contribution in [0.15, 0.2) is 27.9 Å². The number of aromatic nitrogens is 1. The second kappa shape index (κ2) is 3.83. The van der Waals surface area contributed by atoms with Crippen molar-refractivity contribution in [3.63, 3.8) is 0 Å². The first kappa shape index (κ1) is 7.88. The number of hydrogen-bond donors (Lipinski definition) is 0. The largest absolute Gasteiger partial charge is 1.00 e. The van der Waals surface area contributed by atoms with E-state index in [-0.39, 0.29) is 31.0 Å². The SMILES string of the molecule is O=c1cncco1.[H-].[Na+]. The van der Waals surface area contributed by atoms with Crippen LogP contribution < -0.4 is 35.2 Å². The summed E-state index contributed by atoms with van der Waals surface area (Å²) in [7, 11) is 0. The summed E-state index contributed by atoms with van der Waals surface area (Å²) < 4.78 is 4.31. The fourth-order valence-electron chi connectivity index (χ4n) is 0.267.